The SMILES string of the molecule is C[Si]1(C)OB(O)c2cc(F)c(SCCS(=O)(=O)c3ccccc3)c(F)c21. The average Bonchev–Trinajstić information content (AvgIpc) is 2.80. The molecule has 0 amide bonds. The molecule has 10 heteroatoms. The maximum Gasteiger partial charge on any atom is 0.480 e. The first-order valence-corrected chi connectivity index (χ1v) is 13.5. The van der Waals surface area contributed by atoms with Gasteiger partial charge in [0.2, 0.25) is 8.32 Å². The minimum Gasteiger partial charge on any atom is -0.446 e. The van der Waals surface area contributed by atoms with Gasteiger partial charge in [-0.15, -0.1) is 11.8 Å². The Balaban J connectivity index is 1.82. The van der Waals surface area contributed by atoms with Crippen molar-refractivity contribution in [3.8, 4) is 0 Å². The fourth-order valence-corrected chi connectivity index (χ4v) is 8.05. The largest absolute Gasteiger partial charge is 0.480 e. The zero-order valence-electron chi connectivity index (χ0n) is 14.2. The second kappa shape index (κ2) is 7.08. The van der Waals surface area contributed by atoms with Gasteiger partial charge in [-0.05, 0) is 36.8 Å². The quantitative estimate of drug-likeness (QED) is 0.596. The van der Waals surface area contributed by atoms with E-state index in [-0.39, 0.29) is 31.9 Å². The van der Waals surface area contributed by atoms with Crippen LogP contribution in [-0.4, -0.2) is 40.4 Å². The zero-order chi connectivity index (χ0) is 19.1. The van der Waals surface area contributed by atoms with E-state index in [9.17, 15) is 22.2 Å². The summed E-state index contributed by atoms with van der Waals surface area (Å²) in [6.07, 6.45) is 0. The van der Waals surface area contributed by atoms with E-state index in [4.69, 9.17) is 4.34 Å². The minimum absolute atomic E-state index is 0.00918. The average molecular weight is 414 g/mol. The van der Waals surface area contributed by atoms with E-state index in [1.54, 1.807) is 31.3 Å². The number of hydrogen-bond acceptors (Lipinski definition) is 5. The third-order valence-corrected chi connectivity index (χ3v) is 9.77. The van der Waals surface area contributed by atoms with Gasteiger partial charge < -0.3 is 9.37 Å². The molecule has 1 N–H and O–H groups in total. The second-order valence-corrected chi connectivity index (χ2v) is 13.4. The molecule has 0 unspecified atom stereocenters. The molecule has 2 aromatic rings. The lowest BCUT2D eigenvalue weighted by Gasteiger charge is -2.18. The number of rotatable bonds is 5. The van der Waals surface area contributed by atoms with E-state index in [0.717, 1.165) is 17.8 Å². The first-order chi connectivity index (χ1) is 12.1. The van der Waals surface area contributed by atoms with E-state index < -0.39 is 36.9 Å². The zero-order valence-corrected chi connectivity index (χ0v) is 16.8. The maximum absolute atomic E-state index is 14.9. The second-order valence-electron chi connectivity index (χ2n) is 6.43. The highest BCUT2D eigenvalue weighted by Crippen LogP contribution is 2.28. The number of hydrogen-bond donors (Lipinski definition) is 1. The van der Waals surface area contributed by atoms with E-state index in [0.29, 0.717) is 0 Å². The minimum atomic E-state index is -3.52. The van der Waals surface area contributed by atoms with Crippen LogP contribution in [0, 0.1) is 11.6 Å². The molecule has 3 rings (SSSR count). The molecule has 0 spiro atoms. The number of thioether (sulfide) groups is 1. The van der Waals surface area contributed by atoms with Crippen LogP contribution in [0.2, 0.25) is 13.1 Å². The molecule has 0 saturated heterocycles. The lowest BCUT2D eigenvalue weighted by Crippen LogP contribution is -2.46. The van der Waals surface area contributed by atoms with Crippen LogP contribution in [0.5, 0.6) is 0 Å². The fourth-order valence-electron chi connectivity index (χ4n) is 2.96. The predicted octanol–water partition coefficient (Wildman–Crippen LogP) is 1.66. The Hall–Kier alpha value is -1.20. The first-order valence-electron chi connectivity index (χ1n) is 7.92. The van der Waals surface area contributed by atoms with Crippen molar-refractivity contribution in [3.63, 3.8) is 0 Å². The molecule has 1 aliphatic heterocycles. The molecule has 1 aliphatic rings. The van der Waals surface area contributed by atoms with Crippen molar-refractivity contribution in [3.05, 3.63) is 48.0 Å². The summed E-state index contributed by atoms with van der Waals surface area (Å²) in [6.45, 7) is 3.44. The molecule has 0 atom stereocenters. The van der Waals surface area contributed by atoms with E-state index in [1.807, 2.05) is 0 Å². The number of sulfone groups is 1. The summed E-state index contributed by atoms with van der Waals surface area (Å²) < 4.78 is 59.2. The van der Waals surface area contributed by atoms with Crippen molar-refractivity contribution < 1.29 is 26.6 Å². The number of fused-ring (bicyclic) bond motifs is 1. The highest BCUT2D eigenvalue weighted by molar-refractivity contribution is 8.00. The summed E-state index contributed by atoms with van der Waals surface area (Å²) >= 11 is 0.819. The van der Waals surface area contributed by atoms with Crippen molar-refractivity contribution in [2.45, 2.75) is 22.9 Å². The topological polar surface area (TPSA) is 63.6 Å². The standard InChI is InChI=1S/C16H17BF2O4S2Si/c1-26(2)16-12(17(20)23-26)10-13(18)15(14(16)19)24-8-9-25(21,22)11-6-4-3-5-7-11/h3-7,10,20H,8-9H2,1-2H3. The van der Waals surface area contributed by atoms with Gasteiger partial charge in [-0.3, -0.25) is 0 Å². The molecule has 0 aromatic heterocycles. The van der Waals surface area contributed by atoms with Gasteiger partial charge in [0.05, 0.1) is 15.5 Å². The Morgan fingerprint density at radius 3 is 2.54 bits per heavy atom. The van der Waals surface area contributed by atoms with Crippen molar-refractivity contribution in [1.82, 2.24) is 0 Å². The molecule has 0 radical (unpaired) electrons. The molecule has 4 nitrogen and oxygen atoms in total. The monoisotopic (exact) mass is 414 g/mol. The number of halogens is 2. The van der Waals surface area contributed by atoms with Gasteiger partial charge in [0.1, 0.15) is 11.6 Å². The summed E-state index contributed by atoms with van der Waals surface area (Å²) in [4.78, 5) is -0.0501. The van der Waals surface area contributed by atoms with E-state index in [1.165, 1.54) is 12.1 Å². The van der Waals surface area contributed by atoms with Crippen LogP contribution in [0.25, 0.3) is 0 Å². The van der Waals surface area contributed by atoms with Crippen molar-refractivity contribution in [1.29, 1.82) is 0 Å². The third kappa shape index (κ3) is 3.61. The normalized spacial score (nSPS) is 16.0. The lowest BCUT2D eigenvalue weighted by atomic mass is 9.80. The molecule has 2 aromatic carbocycles. The van der Waals surface area contributed by atoms with Gasteiger partial charge in [0, 0.05) is 10.9 Å². The molecule has 0 aliphatic carbocycles. The molecule has 0 saturated carbocycles. The Morgan fingerprint density at radius 1 is 1.23 bits per heavy atom. The van der Waals surface area contributed by atoms with Crippen LogP contribution in [-0.2, 0) is 14.2 Å². The summed E-state index contributed by atoms with van der Waals surface area (Å²) in [5.41, 5.74) is 0.123. The van der Waals surface area contributed by atoms with Crippen molar-refractivity contribution >= 4 is 47.7 Å². The Morgan fingerprint density at radius 2 is 1.88 bits per heavy atom. The highest BCUT2D eigenvalue weighted by atomic mass is 32.2. The summed E-state index contributed by atoms with van der Waals surface area (Å²) in [5, 5.41) is 10.1. The number of benzene rings is 2. The Labute approximate surface area is 156 Å². The van der Waals surface area contributed by atoms with Crippen LogP contribution in [0.15, 0.2) is 46.2 Å². The van der Waals surface area contributed by atoms with E-state index >= 15 is 0 Å². The van der Waals surface area contributed by atoms with Gasteiger partial charge in [-0.1, -0.05) is 18.2 Å². The lowest BCUT2D eigenvalue weighted by molar-refractivity contribution is 0.440. The first kappa shape index (κ1) is 19.6. The van der Waals surface area contributed by atoms with E-state index in [2.05, 4.69) is 0 Å². The Kier molecular flexibility index (Phi) is 5.33. The predicted molar refractivity (Wildman–Crippen MR) is 101 cm³/mol. The molecular weight excluding hydrogens is 397 g/mol. The van der Waals surface area contributed by atoms with Gasteiger partial charge in [0.15, 0.2) is 9.84 Å². The molecular formula is C16H17BF2O4S2Si. The van der Waals surface area contributed by atoms with Crippen LogP contribution < -0.4 is 10.6 Å². The van der Waals surface area contributed by atoms with Crippen LogP contribution >= 0.6 is 11.8 Å². The molecule has 0 fully saturated rings. The molecule has 0 bridgehead atoms. The van der Waals surface area contributed by atoms with Crippen LogP contribution in [0.3, 0.4) is 0 Å². The summed E-state index contributed by atoms with van der Waals surface area (Å²) in [7, 11) is -7.52. The highest BCUT2D eigenvalue weighted by Gasteiger charge is 2.46. The summed E-state index contributed by atoms with van der Waals surface area (Å²) in [6, 6.07) is 9.02. The molecule has 138 valence electrons. The van der Waals surface area contributed by atoms with Crippen LogP contribution in [0.4, 0.5) is 8.78 Å². The van der Waals surface area contributed by atoms with Gasteiger partial charge in [-0.2, -0.15) is 0 Å². The maximum atomic E-state index is 14.9. The summed E-state index contributed by atoms with van der Waals surface area (Å²) in [5.74, 6) is -1.81. The Bertz CT molecular complexity index is 939. The van der Waals surface area contributed by atoms with Gasteiger partial charge in [-0.25, -0.2) is 17.2 Å². The molecule has 1 heterocycles. The van der Waals surface area contributed by atoms with Crippen molar-refractivity contribution in [2.75, 3.05) is 11.5 Å². The molecule has 26 heavy (non-hydrogen) atoms. The van der Waals surface area contributed by atoms with Gasteiger partial charge >= 0.3 is 7.12 Å². The van der Waals surface area contributed by atoms with Crippen LogP contribution in [0.1, 0.15) is 0 Å². The fraction of sp³-hybridized carbons (Fsp3) is 0.250. The third-order valence-electron chi connectivity index (χ3n) is 4.18. The van der Waals surface area contributed by atoms with Crippen molar-refractivity contribution in [2.24, 2.45) is 0 Å². The smallest absolute Gasteiger partial charge is 0.446 e. The van der Waals surface area contributed by atoms with Gasteiger partial charge in [0.25, 0.3) is 0 Å².